The van der Waals surface area contributed by atoms with E-state index in [1.807, 2.05) is 18.2 Å². The van der Waals surface area contributed by atoms with Crippen LogP contribution in [0.2, 0.25) is 0 Å². The molecule has 1 N–H and O–H groups in total. The number of benzene rings is 1. The normalized spacial score (nSPS) is 18.8. The van der Waals surface area contributed by atoms with Gasteiger partial charge >= 0.3 is 0 Å². The molecule has 0 aliphatic carbocycles. The number of nitrogens with one attached hydrogen (secondary N) is 1. The van der Waals surface area contributed by atoms with Crippen molar-refractivity contribution < 1.29 is 9.59 Å². The molecule has 108 valence electrons. The Hall–Kier alpha value is -1.84. The number of likely N-dealkylation sites (N-methyl/N-ethyl adjacent to an activating group) is 1. The summed E-state index contributed by atoms with van der Waals surface area (Å²) >= 11 is 0. The predicted octanol–water partition coefficient (Wildman–Crippen LogP) is 1.70. The third-order valence-electron chi connectivity index (χ3n) is 3.86. The molecule has 4 heteroatoms. The summed E-state index contributed by atoms with van der Waals surface area (Å²) in [5.74, 6) is -0.0288. The molecule has 1 unspecified atom stereocenters. The summed E-state index contributed by atoms with van der Waals surface area (Å²) in [6.45, 7) is 4.88. The van der Waals surface area contributed by atoms with Gasteiger partial charge in [0.05, 0.1) is 0 Å². The summed E-state index contributed by atoms with van der Waals surface area (Å²) in [5.41, 5.74) is 1.09. The number of hydrogen-bond donors (Lipinski definition) is 1. The molecule has 1 fully saturated rings. The molecular weight excluding hydrogens is 252 g/mol. The van der Waals surface area contributed by atoms with Gasteiger partial charge in [0.2, 0.25) is 11.8 Å². The Balaban J connectivity index is 2.01. The summed E-state index contributed by atoms with van der Waals surface area (Å²) in [4.78, 5) is 25.2. The van der Waals surface area contributed by atoms with E-state index in [9.17, 15) is 9.59 Å². The standard InChI is InChI=1S/C16H22N2O2/c1-16(2,12-7-5-4-6-8-12)11-18(3)15(20)13-9-10-14(19)17-13/h4-8,13H,9-11H2,1-3H3,(H,17,19). The van der Waals surface area contributed by atoms with E-state index in [4.69, 9.17) is 0 Å². The molecule has 1 heterocycles. The minimum atomic E-state index is -0.348. The van der Waals surface area contributed by atoms with Gasteiger partial charge < -0.3 is 10.2 Å². The van der Waals surface area contributed by atoms with Crippen molar-refractivity contribution >= 4 is 11.8 Å². The van der Waals surface area contributed by atoms with E-state index in [-0.39, 0.29) is 23.3 Å². The molecule has 1 aliphatic heterocycles. The SMILES string of the molecule is CN(CC(C)(C)c1ccccc1)C(=O)C1CCC(=O)N1. The Kier molecular flexibility index (Phi) is 4.12. The first-order valence-corrected chi connectivity index (χ1v) is 7.00. The van der Waals surface area contributed by atoms with E-state index >= 15 is 0 Å². The number of amides is 2. The maximum atomic E-state index is 12.3. The topological polar surface area (TPSA) is 49.4 Å². The molecule has 2 amide bonds. The van der Waals surface area contributed by atoms with E-state index in [2.05, 4.69) is 31.3 Å². The first-order chi connectivity index (χ1) is 9.40. The molecule has 1 aliphatic rings. The second-order valence-corrected chi connectivity index (χ2v) is 6.10. The van der Waals surface area contributed by atoms with Crippen molar-refractivity contribution in [2.24, 2.45) is 0 Å². The molecule has 2 rings (SSSR count). The van der Waals surface area contributed by atoms with Gasteiger partial charge in [0.1, 0.15) is 6.04 Å². The molecule has 20 heavy (non-hydrogen) atoms. The minimum absolute atomic E-state index is 0.000133. The zero-order valence-corrected chi connectivity index (χ0v) is 12.3. The fourth-order valence-corrected chi connectivity index (χ4v) is 2.72. The summed E-state index contributed by atoms with van der Waals surface area (Å²) in [7, 11) is 1.80. The van der Waals surface area contributed by atoms with Crippen molar-refractivity contribution in [3.8, 4) is 0 Å². The molecule has 1 aromatic carbocycles. The van der Waals surface area contributed by atoms with Crippen LogP contribution in [0.25, 0.3) is 0 Å². The molecule has 0 radical (unpaired) electrons. The smallest absolute Gasteiger partial charge is 0.244 e. The lowest BCUT2D eigenvalue weighted by Gasteiger charge is -2.32. The van der Waals surface area contributed by atoms with Crippen molar-refractivity contribution in [2.75, 3.05) is 13.6 Å². The molecule has 0 spiro atoms. The number of hydrogen-bond acceptors (Lipinski definition) is 2. The van der Waals surface area contributed by atoms with Crippen LogP contribution in [0.1, 0.15) is 32.3 Å². The molecule has 0 saturated carbocycles. The maximum absolute atomic E-state index is 12.3. The summed E-state index contributed by atoms with van der Waals surface area (Å²) in [5, 5.41) is 2.73. The average molecular weight is 274 g/mol. The van der Waals surface area contributed by atoms with Crippen molar-refractivity contribution in [1.29, 1.82) is 0 Å². The van der Waals surface area contributed by atoms with E-state index < -0.39 is 0 Å². The van der Waals surface area contributed by atoms with Crippen LogP contribution in [0.15, 0.2) is 30.3 Å². The Morgan fingerprint density at radius 2 is 2.00 bits per heavy atom. The third-order valence-corrected chi connectivity index (χ3v) is 3.86. The van der Waals surface area contributed by atoms with Crippen LogP contribution in [-0.4, -0.2) is 36.3 Å². The highest BCUT2D eigenvalue weighted by Gasteiger charge is 2.32. The molecular formula is C16H22N2O2. The van der Waals surface area contributed by atoms with E-state index in [1.165, 1.54) is 5.56 Å². The first kappa shape index (κ1) is 14.6. The molecule has 4 nitrogen and oxygen atoms in total. The average Bonchev–Trinajstić information content (AvgIpc) is 2.85. The largest absolute Gasteiger partial charge is 0.344 e. The molecule has 0 aromatic heterocycles. The second kappa shape index (κ2) is 5.65. The quantitative estimate of drug-likeness (QED) is 0.908. The van der Waals surface area contributed by atoms with Crippen LogP contribution in [0.3, 0.4) is 0 Å². The lowest BCUT2D eigenvalue weighted by Crippen LogP contribution is -2.46. The van der Waals surface area contributed by atoms with Crippen LogP contribution in [-0.2, 0) is 15.0 Å². The zero-order valence-electron chi connectivity index (χ0n) is 12.3. The lowest BCUT2D eigenvalue weighted by atomic mass is 9.84. The van der Waals surface area contributed by atoms with Crippen LogP contribution in [0, 0.1) is 0 Å². The second-order valence-electron chi connectivity index (χ2n) is 6.10. The van der Waals surface area contributed by atoms with Gasteiger partial charge in [-0.2, -0.15) is 0 Å². The van der Waals surface area contributed by atoms with E-state index in [0.717, 1.165) is 0 Å². The summed E-state index contributed by atoms with van der Waals surface area (Å²) in [6.07, 6.45) is 1.06. The van der Waals surface area contributed by atoms with Gasteiger partial charge in [0.15, 0.2) is 0 Å². The fraction of sp³-hybridized carbons (Fsp3) is 0.500. The Bertz CT molecular complexity index is 496. The zero-order chi connectivity index (χ0) is 14.8. The Morgan fingerprint density at radius 3 is 2.55 bits per heavy atom. The molecule has 1 atom stereocenters. The van der Waals surface area contributed by atoms with Crippen LogP contribution < -0.4 is 5.32 Å². The number of carbonyl (C=O) groups excluding carboxylic acids is 2. The van der Waals surface area contributed by atoms with Crippen molar-refractivity contribution in [3.63, 3.8) is 0 Å². The highest BCUT2D eigenvalue weighted by Crippen LogP contribution is 2.24. The van der Waals surface area contributed by atoms with Gasteiger partial charge in [-0.15, -0.1) is 0 Å². The van der Waals surface area contributed by atoms with Gasteiger partial charge in [-0.25, -0.2) is 0 Å². The monoisotopic (exact) mass is 274 g/mol. The Morgan fingerprint density at radius 1 is 1.35 bits per heavy atom. The maximum Gasteiger partial charge on any atom is 0.244 e. The van der Waals surface area contributed by atoms with Gasteiger partial charge in [-0.05, 0) is 12.0 Å². The predicted molar refractivity (Wildman–Crippen MR) is 78.3 cm³/mol. The molecule has 1 saturated heterocycles. The van der Waals surface area contributed by atoms with Crippen LogP contribution in [0.4, 0.5) is 0 Å². The Labute approximate surface area is 120 Å². The molecule has 1 aromatic rings. The highest BCUT2D eigenvalue weighted by atomic mass is 16.2. The number of nitrogens with zero attached hydrogens (tertiary/aromatic N) is 1. The fourth-order valence-electron chi connectivity index (χ4n) is 2.72. The lowest BCUT2D eigenvalue weighted by molar-refractivity contribution is -0.133. The van der Waals surface area contributed by atoms with Gasteiger partial charge in [0, 0.05) is 25.4 Å². The van der Waals surface area contributed by atoms with Gasteiger partial charge in [-0.1, -0.05) is 44.2 Å². The van der Waals surface area contributed by atoms with Crippen molar-refractivity contribution in [3.05, 3.63) is 35.9 Å². The third kappa shape index (κ3) is 3.18. The number of rotatable bonds is 4. The number of carbonyl (C=O) groups is 2. The highest BCUT2D eigenvalue weighted by molar-refractivity contribution is 5.90. The first-order valence-electron chi connectivity index (χ1n) is 7.00. The van der Waals surface area contributed by atoms with Crippen LogP contribution in [0.5, 0.6) is 0 Å². The minimum Gasteiger partial charge on any atom is -0.344 e. The summed E-state index contributed by atoms with van der Waals surface area (Å²) in [6, 6.07) is 9.82. The van der Waals surface area contributed by atoms with E-state index in [1.54, 1.807) is 11.9 Å². The van der Waals surface area contributed by atoms with Gasteiger partial charge in [-0.3, -0.25) is 9.59 Å². The van der Waals surface area contributed by atoms with Crippen molar-refractivity contribution in [2.45, 2.75) is 38.1 Å². The van der Waals surface area contributed by atoms with Gasteiger partial charge in [0.25, 0.3) is 0 Å². The molecule has 0 bridgehead atoms. The summed E-state index contributed by atoms with van der Waals surface area (Å²) < 4.78 is 0. The van der Waals surface area contributed by atoms with E-state index in [0.29, 0.717) is 19.4 Å². The van der Waals surface area contributed by atoms with Crippen LogP contribution >= 0.6 is 0 Å². The van der Waals surface area contributed by atoms with Crippen molar-refractivity contribution in [1.82, 2.24) is 10.2 Å².